The standard InChI is InChI=1S/C13H12ClF2NO4.C13H14ClF2NO4/c1-21-12(18)5-8(9-6-13(9,15)16)7-2-3-10(14)11(4-7)17(19)20;1-13(15,16)7-9(6-12(18)21-2)8-3-4-10(14)11(5-8)17(19)20/h2-4,8-9H,5-6H2,1H3;3-5,9H,6-7H2,1-2H3. The van der Waals surface area contributed by atoms with Gasteiger partial charge in [0.05, 0.1) is 36.9 Å². The second kappa shape index (κ2) is 14.1. The zero-order chi connectivity index (χ0) is 32.0. The zero-order valence-corrected chi connectivity index (χ0v) is 24.0. The number of nitrogens with zero attached hydrogens (tertiary/aromatic N) is 2. The molecule has 3 atom stereocenters. The van der Waals surface area contributed by atoms with Crippen LogP contribution < -0.4 is 0 Å². The lowest BCUT2D eigenvalue weighted by Gasteiger charge is -2.20. The van der Waals surface area contributed by atoms with Crippen molar-refractivity contribution in [1.82, 2.24) is 0 Å². The molecule has 16 heteroatoms. The van der Waals surface area contributed by atoms with Gasteiger partial charge >= 0.3 is 11.9 Å². The number of nitro groups is 2. The van der Waals surface area contributed by atoms with Crippen molar-refractivity contribution < 1.29 is 46.5 Å². The molecule has 0 aliphatic heterocycles. The van der Waals surface area contributed by atoms with Crippen LogP contribution in [0.25, 0.3) is 0 Å². The van der Waals surface area contributed by atoms with Gasteiger partial charge in [-0.3, -0.25) is 29.8 Å². The van der Waals surface area contributed by atoms with Crippen molar-refractivity contribution in [3.05, 3.63) is 77.8 Å². The fourth-order valence-electron chi connectivity index (χ4n) is 4.28. The quantitative estimate of drug-likeness (QED) is 0.106. The monoisotopic (exact) mass is 640 g/mol. The molecule has 0 bridgehead atoms. The molecule has 2 aromatic rings. The van der Waals surface area contributed by atoms with Crippen LogP contribution in [0.3, 0.4) is 0 Å². The molecule has 0 N–H and O–H groups in total. The predicted molar refractivity (Wildman–Crippen MR) is 143 cm³/mol. The van der Waals surface area contributed by atoms with Crippen LogP contribution in [-0.2, 0) is 19.1 Å². The number of hydrogen-bond donors (Lipinski definition) is 0. The van der Waals surface area contributed by atoms with Crippen LogP contribution in [0, 0.1) is 26.1 Å². The number of ether oxygens (including phenoxy) is 2. The van der Waals surface area contributed by atoms with Gasteiger partial charge < -0.3 is 9.47 Å². The van der Waals surface area contributed by atoms with E-state index in [0.29, 0.717) is 5.56 Å². The number of nitro benzene ring substituents is 2. The third kappa shape index (κ3) is 9.79. The van der Waals surface area contributed by atoms with Crippen molar-refractivity contribution in [3.63, 3.8) is 0 Å². The molecule has 0 saturated heterocycles. The number of methoxy groups -OCH3 is 2. The van der Waals surface area contributed by atoms with Crippen LogP contribution in [0.1, 0.15) is 55.6 Å². The first-order valence-electron chi connectivity index (χ1n) is 12.2. The molecule has 2 aromatic carbocycles. The molecule has 1 aliphatic rings. The minimum absolute atomic E-state index is 0.0804. The first kappa shape index (κ1) is 34.7. The molecule has 1 aliphatic carbocycles. The summed E-state index contributed by atoms with van der Waals surface area (Å²) >= 11 is 11.4. The number of halogens is 6. The summed E-state index contributed by atoms with van der Waals surface area (Å²) in [7, 11) is 2.31. The molecule has 3 rings (SSSR count). The highest BCUT2D eigenvalue weighted by atomic mass is 35.5. The van der Waals surface area contributed by atoms with E-state index in [9.17, 15) is 47.4 Å². The van der Waals surface area contributed by atoms with Crippen LogP contribution in [0.5, 0.6) is 0 Å². The normalized spacial score (nSPS) is 16.7. The van der Waals surface area contributed by atoms with E-state index in [1.54, 1.807) is 0 Å². The fourth-order valence-corrected chi connectivity index (χ4v) is 4.65. The first-order valence-corrected chi connectivity index (χ1v) is 12.9. The van der Waals surface area contributed by atoms with Gasteiger partial charge in [0, 0.05) is 42.7 Å². The van der Waals surface area contributed by atoms with Crippen LogP contribution in [0.15, 0.2) is 36.4 Å². The Morgan fingerprint density at radius 1 is 0.952 bits per heavy atom. The van der Waals surface area contributed by atoms with Crippen LogP contribution in [0.2, 0.25) is 10.0 Å². The van der Waals surface area contributed by atoms with E-state index in [2.05, 4.69) is 9.47 Å². The average Bonchev–Trinajstić information content (AvgIpc) is 3.53. The molecule has 0 spiro atoms. The summed E-state index contributed by atoms with van der Waals surface area (Å²) in [5.41, 5.74) is -0.215. The molecule has 42 heavy (non-hydrogen) atoms. The van der Waals surface area contributed by atoms with Gasteiger partial charge in [-0.05, 0) is 30.2 Å². The third-order valence-corrected chi connectivity index (χ3v) is 7.09. The Kier molecular flexibility index (Phi) is 11.6. The maximum atomic E-state index is 13.3. The van der Waals surface area contributed by atoms with E-state index < -0.39 is 57.8 Å². The van der Waals surface area contributed by atoms with Crippen molar-refractivity contribution in [2.24, 2.45) is 5.92 Å². The van der Waals surface area contributed by atoms with Gasteiger partial charge in [-0.2, -0.15) is 0 Å². The summed E-state index contributed by atoms with van der Waals surface area (Å²) < 4.78 is 62.1. The molecule has 10 nitrogen and oxygen atoms in total. The number of benzene rings is 2. The summed E-state index contributed by atoms with van der Waals surface area (Å²) in [6, 6.07) is 7.62. The Labute approximate surface area is 247 Å². The summed E-state index contributed by atoms with van der Waals surface area (Å²) in [6.07, 6.45) is -1.51. The minimum Gasteiger partial charge on any atom is -0.469 e. The molecule has 0 aromatic heterocycles. The van der Waals surface area contributed by atoms with Gasteiger partial charge in [0.15, 0.2) is 0 Å². The maximum Gasteiger partial charge on any atom is 0.306 e. The molecule has 230 valence electrons. The topological polar surface area (TPSA) is 139 Å². The summed E-state index contributed by atoms with van der Waals surface area (Å²) in [5, 5.41) is 21.5. The second-order valence-electron chi connectivity index (χ2n) is 9.65. The molecule has 1 fully saturated rings. The van der Waals surface area contributed by atoms with Gasteiger partial charge in [0.1, 0.15) is 10.0 Å². The largest absolute Gasteiger partial charge is 0.469 e. The minimum atomic E-state index is -3.02. The molecule has 1 saturated carbocycles. The van der Waals surface area contributed by atoms with E-state index in [1.165, 1.54) is 24.3 Å². The van der Waals surface area contributed by atoms with Crippen LogP contribution >= 0.6 is 23.2 Å². The van der Waals surface area contributed by atoms with E-state index in [4.69, 9.17) is 23.2 Å². The number of hydrogen-bond acceptors (Lipinski definition) is 8. The van der Waals surface area contributed by atoms with Crippen molar-refractivity contribution in [2.75, 3.05) is 14.2 Å². The van der Waals surface area contributed by atoms with Crippen LogP contribution in [0.4, 0.5) is 28.9 Å². The maximum absolute atomic E-state index is 13.3. The summed E-state index contributed by atoms with van der Waals surface area (Å²) in [5.74, 6) is -9.92. The number of carbonyl (C=O) groups excluding carboxylic acids is 2. The summed E-state index contributed by atoms with van der Waals surface area (Å²) in [6.45, 7) is 0.724. The van der Waals surface area contributed by atoms with Gasteiger partial charge in [-0.25, -0.2) is 17.6 Å². The Hall–Kier alpha value is -3.52. The van der Waals surface area contributed by atoms with E-state index in [0.717, 1.165) is 33.3 Å². The fraction of sp³-hybridized carbons (Fsp3) is 0.462. The van der Waals surface area contributed by atoms with Crippen molar-refractivity contribution in [3.8, 4) is 0 Å². The Morgan fingerprint density at radius 3 is 1.79 bits per heavy atom. The molecule has 0 heterocycles. The highest BCUT2D eigenvalue weighted by Gasteiger charge is 2.60. The zero-order valence-electron chi connectivity index (χ0n) is 22.5. The summed E-state index contributed by atoms with van der Waals surface area (Å²) in [4.78, 5) is 43.1. The predicted octanol–water partition coefficient (Wildman–Crippen LogP) is 7.49. The molecular formula is C26H26Cl2F4N2O8. The SMILES string of the molecule is COC(=O)CC(CC(C)(F)F)c1ccc(Cl)c([N+](=O)[O-])c1.COC(=O)CC(c1ccc(Cl)c([N+](=O)[O-])c1)C1CC1(F)F. The molecule has 0 radical (unpaired) electrons. The second-order valence-corrected chi connectivity index (χ2v) is 10.5. The van der Waals surface area contributed by atoms with Crippen molar-refractivity contribution in [2.45, 2.75) is 56.3 Å². The number of alkyl halides is 4. The number of rotatable bonds is 11. The van der Waals surface area contributed by atoms with Gasteiger partial charge in [-0.1, -0.05) is 35.3 Å². The molecule has 3 unspecified atom stereocenters. The Balaban J connectivity index is 0.000000293. The lowest BCUT2D eigenvalue weighted by molar-refractivity contribution is -0.384. The first-order chi connectivity index (χ1) is 19.4. The number of carbonyl (C=O) groups is 2. The van der Waals surface area contributed by atoms with Gasteiger partial charge in [0.25, 0.3) is 17.3 Å². The molecular weight excluding hydrogens is 615 g/mol. The lowest BCUT2D eigenvalue weighted by Crippen LogP contribution is -2.18. The highest BCUT2D eigenvalue weighted by molar-refractivity contribution is 6.33. The highest BCUT2D eigenvalue weighted by Crippen LogP contribution is 2.57. The van der Waals surface area contributed by atoms with Gasteiger partial charge in [0.2, 0.25) is 5.92 Å². The van der Waals surface area contributed by atoms with E-state index in [-0.39, 0.29) is 46.2 Å². The Bertz CT molecular complexity index is 1340. The average molecular weight is 641 g/mol. The van der Waals surface area contributed by atoms with Crippen molar-refractivity contribution in [1.29, 1.82) is 0 Å². The van der Waals surface area contributed by atoms with Crippen LogP contribution in [-0.4, -0.2) is 47.8 Å². The smallest absolute Gasteiger partial charge is 0.306 e. The number of esters is 2. The van der Waals surface area contributed by atoms with E-state index >= 15 is 0 Å². The lowest BCUT2D eigenvalue weighted by atomic mass is 9.90. The Morgan fingerprint density at radius 2 is 1.38 bits per heavy atom. The van der Waals surface area contributed by atoms with Crippen molar-refractivity contribution >= 4 is 46.5 Å². The molecule has 0 amide bonds. The van der Waals surface area contributed by atoms with Gasteiger partial charge in [-0.15, -0.1) is 0 Å². The van der Waals surface area contributed by atoms with E-state index in [1.807, 2.05) is 0 Å². The third-order valence-electron chi connectivity index (χ3n) is 6.45.